The van der Waals surface area contributed by atoms with Crippen LogP contribution in [0.3, 0.4) is 0 Å². The van der Waals surface area contributed by atoms with Crippen LogP contribution < -0.4 is 9.47 Å². The quantitative estimate of drug-likeness (QED) is 0.764. The standard InChI is InChI=1S/C22H26N2O3/c25-21(13-17-7-2-1-3-8-17)24(15-19-10-4-5-12-23-19)14-18-9-6-11-20-22(18)27-16-26-20/h4-6,9-12,17H,1-3,7-8,13-16H2. The second-order valence-corrected chi connectivity index (χ2v) is 7.43. The van der Waals surface area contributed by atoms with Crippen LogP contribution in [-0.2, 0) is 17.9 Å². The summed E-state index contributed by atoms with van der Waals surface area (Å²) in [5.41, 5.74) is 1.89. The van der Waals surface area contributed by atoms with Crippen molar-refractivity contribution < 1.29 is 14.3 Å². The Kier molecular flexibility index (Phi) is 5.56. The van der Waals surface area contributed by atoms with E-state index in [2.05, 4.69) is 4.98 Å². The van der Waals surface area contributed by atoms with E-state index in [1.54, 1.807) is 6.20 Å². The summed E-state index contributed by atoms with van der Waals surface area (Å²) >= 11 is 0. The smallest absolute Gasteiger partial charge is 0.231 e. The lowest BCUT2D eigenvalue weighted by Crippen LogP contribution is -2.32. The number of rotatable bonds is 6. The van der Waals surface area contributed by atoms with Crippen molar-refractivity contribution in [3.05, 3.63) is 53.9 Å². The van der Waals surface area contributed by atoms with Crippen LogP contribution >= 0.6 is 0 Å². The summed E-state index contributed by atoms with van der Waals surface area (Å²) in [6, 6.07) is 11.7. The monoisotopic (exact) mass is 366 g/mol. The third kappa shape index (κ3) is 4.41. The second kappa shape index (κ2) is 8.42. The molecule has 2 aliphatic rings. The molecule has 0 unspecified atom stereocenters. The van der Waals surface area contributed by atoms with Gasteiger partial charge in [0.25, 0.3) is 0 Å². The van der Waals surface area contributed by atoms with Crippen LogP contribution in [0, 0.1) is 5.92 Å². The van der Waals surface area contributed by atoms with Gasteiger partial charge in [0.2, 0.25) is 12.7 Å². The molecule has 4 rings (SSSR count). The molecule has 1 saturated carbocycles. The first-order valence-corrected chi connectivity index (χ1v) is 9.85. The number of carbonyl (C=O) groups is 1. The molecule has 1 aromatic heterocycles. The Morgan fingerprint density at radius 2 is 1.93 bits per heavy atom. The third-order valence-corrected chi connectivity index (χ3v) is 5.46. The second-order valence-electron chi connectivity index (χ2n) is 7.43. The maximum atomic E-state index is 13.1. The molecule has 5 nitrogen and oxygen atoms in total. The molecular weight excluding hydrogens is 340 g/mol. The highest BCUT2D eigenvalue weighted by atomic mass is 16.7. The van der Waals surface area contributed by atoms with E-state index in [-0.39, 0.29) is 12.7 Å². The van der Waals surface area contributed by atoms with E-state index in [4.69, 9.17) is 9.47 Å². The van der Waals surface area contributed by atoms with Gasteiger partial charge in [-0.05, 0) is 37.0 Å². The summed E-state index contributed by atoms with van der Waals surface area (Å²) in [5.74, 6) is 2.22. The van der Waals surface area contributed by atoms with Crippen molar-refractivity contribution in [2.24, 2.45) is 5.92 Å². The van der Waals surface area contributed by atoms with Gasteiger partial charge in [0, 0.05) is 24.7 Å². The zero-order valence-electron chi connectivity index (χ0n) is 15.6. The largest absolute Gasteiger partial charge is 0.454 e. The number of fused-ring (bicyclic) bond motifs is 1. The summed E-state index contributed by atoms with van der Waals surface area (Å²) in [6.07, 6.45) is 8.53. The Morgan fingerprint density at radius 3 is 2.74 bits per heavy atom. The molecule has 1 aliphatic carbocycles. The van der Waals surface area contributed by atoms with Crippen LogP contribution in [0.4, 0.5) is 0 Å². The van der Waals surface area contributed by atoms with Crippen molar-refractivity contribution in [1.82, 2.24) is 9.88 Å². The van der Waals surface area contributed by atoms with E-state index in [9.17, 15) is 4.79 Å². The number of pyridine rings is 1. The first-order valence-electron chi connectivity index (χ1n) is 9.85. The molecule has 2 aromatic rings. The lowest BCUT2D eigenvalue weighted by molar-refractivity contribution is -0.133. The highest BCUT2D eigenvalue weighted by Gasteiger charge is 2.24. The zero-order chi connectivity index (χ0) is 18.5. The molecule has 27 heavy (non-hydrogen) atoms. The number of aromatic nitrogens is 1. The average Bonchev–Trinajstić information content (AvgIpc) is 3.19. The van der Waals surface area contributed by atoms with Crippen molar-refractivity contribution in [1.29, 1.82) is 0 Å². The van der Waals surface area contributed by atoms with E-state index >= 15 is 0 Å². The van der Waals surface area contributed by atoms with E-state index in [1.807, 2.05) is 41.3 Å². The fourth-order valence-corrected chi connectivity index (χ4v) is 4.01. The molecule has 1 amide bonds. The minimum atomic E-state index is 0.198. The Bertz CT molecular complexity index is 772. The van der Waals surface area contributed by atoms with Gasteiger partial charge in [-0.15, -0.1) is 0 Å². The summed E-state index contributed by atoms with van der Waals surface area (Å²) in [5, 5.41) is 0. The number of para-hydroxylation sites is 1. The van der Waals surface area contributed by atoms with Gasteiger partial charge in [0.15, 0.2) is 11.5 Å². The molecule has 0 atom stereocenters. The first kappa shape index (κ1) is 17.8. The van der Waals surface area contributed by atoms with Crippen molar-refractivity contribution >= 4 is 5.91 Å². The van der Waals surface area contributed by atoms with Crippen molar-refractivity contribution in [3.63, 3.8) is 0 Å². The molecule has 0 bridgehead atoms. The Labute approximate surface area is 160 Å². The number of nitrogens with zero attached hydrogens (tertiary/aromatic N) is 2. The Hall–Kier alpha value is -2.56. The SMILES string of the molecule is O=C(CC1CCCCC1)N(Cc1ccccn1)Cc1cccc2c1OCO2. The van der Waals surface area contributed by atoms with Gasteiger partial charge in [-0.3, -0.25) is 9.78 Å². The normalized spacial score (nSPS) is 16.3. The molecular formula is C22H26N2O3. The number of amides is 1. The Balaban J connectivity index is 1.52. The minimum Gasteiger partial charge on any atom is -0.454 e. The summed E-state index contributed by atoms with van der Waals surface area (Å²) in [6.45, 7) is 1.26. The topological polar surface area (TPSA) is 51.7 Å². The highest BCUT2D eigenvalue weighted by Crippen LogP contribution is 2.36. The number of benzene rings is 1. The predicted octanol–water partition coefficient (Wildman–Crippen LogP) is 4.31. The highest BCUT2D eigenvalue weighted by molar-refractivity contribution is 5.76. The summed E-state index contributed by atoms with van der Waals surface area (Å²) in [4.78, 5) is 19.5. The van der Waals surface area contributed by atoms with Crippen molar-refractivity contribution in [3.8, 4) is 11.5 Å². The average molecular weight is 366 g/mol. The van der Waals surface area contributed by atoms with Gasteiger partial charge in [-0.1, -0.05) is 37.5 Å². The van der Waals surface area contributed by atoms with Crippen LogP contribution in [0.2, 0.25) is 0 Å². The number of ether oxygens (including phenoxy) is 2. The van der Waals surface area contributed by atoms with Crippen LogP contribution in [-0.4, -0.2) is 22.6 Å². The lowest BCUT2D eigenvalue weighted by Gasteiger charge is -2.27. The zero-order valence-corrected chi connectivity index (χ0v) is 15.6. The predicted molar refractivity (Wildman–Crippen MR) is 102 cm³/mol. The van der Waals surface area contributed by atoms with E-state index < -0.39 is 0 Å². The fourth-order valence-electron chi connectivity index (χ4n) is 4.01. The van der Waals surface area contributed by atoms with Gasteiger partial charge in [0.1, 0.15) is 0 Å². The van der Waals surface area contributed by atoms with Gasteiger partial charge in [-0.2, -0.15) is 0 Å². The molecule has 5 heteroatoms. The van der Waals surface area contributed by atoms with E-state index in [0.717, 1.165) is 22.8 Å². The first-order chi connectivity index (χ1) is 13.3. The summed E-state index contributed by atoms with van der Waals surface area (Å²) in [7, 11) is 0. The molecule has 1 fully saturated rings. The number of hydrogen-bond acceptors (Lipinski definition) is 4. The van der Waals surface area contributed by atoms with Gasteiger partial charge in [-0.25, -0.2) is 0 Å². The van der Waals surface area contributed by atoms with Crippen molar-refractivity contribution in [2.45, 2.75) is 51.6 Å². The van der Waals surface area contributed by atoms with Gasteiger partial charge >= 0.3 is 0 Å². The summed E-state index contributed by atoms with van der Waals surface area (Å²) < 4.78 is 11.1. The van der Waals surface area contributed by atoms with Crippen LogP contribution in [0.1, 0.15) is 49.8 Å². The maximum absolute atomic E-state index is 13.1. The fraction of sp³-hybridized carbons (Fsp3) is 0.455. The van der Waals surface area contributed by atoms with Gasteiger partial charge < -0.3 is 14.4 Å². The molecule has 1 aromatic carbocycles. The molecule has 0 saturated heterocycles. The number of hydrogen-bond donors (Lipinski definition) is 0. The molecule has 1 aliphatic heterocycles. The molecule has 142 valence electrons. The minimum absolute atomic E-state index is 0.198. The van der Waals surface area contributed by atoms with Crippen molar-refractivity contribution in [2.75, 3.05) is 6.79 Å². The molecule has 2 heterocycles. The maximum Gasteiger partial charge on any atom is 0.231 e. The van der Waals surface area contributed by atoms with Gasteiger partial charge in [0.05, 0.1) is 12.2 Å². The molecule has 0 spiro atoms. The molecule has 0 N–H and O–H groups in total. The number of carbonyl (C=O) groups excluding carboxylic acids is 1. The van der Waals surface area contributed by atoms with Crippen LogP contribution in [0.25, 0.3) is 0 Å². The van der Waals surface area contributed by atoms with Crippen LogP contribution in [0.15, 0.2) is 42.6 Å². The van der Waals surface area contributed by atoms with Crippen LogP contribution in [0.5, 0.6) is 11.5 Å². The lowest BCUT2D eigenvalue weighted by atomic mass is 9.86. The Morgan fingerprint density at radius 1 is 1.04 bits per heavy atom. The third-order valence-electron chi connectivity index (χ3n) is 5.46. The molecule has 0 radical (unpaired) electrons. The van der Waals surface area contributed by atoms with E-state index in [0.29, 0.717) is 25.4 Å². The van der Waals surface area contributed by atoms with E-state index in [1.165, 1.54) is 32.1 Å².